The van der Waals surface area contributed by atoms with Crippen LogP contribution in [0, 0.1) is 0 Å². The summed E-state index contributed by atoms with van der Waals surface area (Å²) in [5.41, 5.74) is 2.13. The summed E-state index contributed by atoms with van der Waals surface area (Å²) in [6.07, 6.45) is 4.41. The van der Waals surface area contributed by atoms with Gasteiger partial charge in [-0.05, 0) is 31.7 Å². The van der Waals surface area contributed by atoms with E-state index >= 15 is 0 Å². The van der Waals surface area contributed by atoms with E-state index in [0.717, 1.165) is 16.5 Å². The third kappa shape index (κ3) is 3.53. The van der Waals surface area contributed by atoms with E-state index in [0.29, 0.717) is 13.0 Å². The molecule has 19 heavy (non-hydrogen) atoms. The Labute approximate surface area is 118 Å². The lowest BCUT2D eigenvalue weighted by atomic mass is 10.1. The van der Waals surface area contributed by atoms with Gasteiger partial charge in [-0.15, -0.1) is 0 Å². The molecule has 0 bridgehead atoms. The van der Waals surface area contributed by atoms with Crippen molar-refractivity contribution in [2.75, 3.05) is 12.8 Å². The highest BCUT2D eigenvalue weighted by atomic mass is 32.2. The Bertz CT molecular complexity index is 574. The van der Waals surface area contributed by atoms with E-state index in [9.17, 15) is 4.79 Å². The molecular formula is C15H20N2OS. The molecule has 2 aromatic rings. The summed E-state index contributed by atoms with van der Waals surface area (Å²) in [6, 6.07) is 8.05. The highest BCUT2D eigenvalue weighted by Gasteiger charge is 2.17. The van der Waals surface area contributed by atoms with E-state index in [1.165, 1.54) is 0 Å². The summed E-state index contributed by atoms with van der Waals surface area (Å²) in [7, 11) is 0. The summed E-state index contributed by atoms with van der Waals surface area (Å²) in [5.74, 6) is 0.0758. The lowest BCUT2D eigenvalue weighted by Gasteiger charge is -2.22. The van der Waals surface area contributed by atoms with Crippen LogP contribution in [0.25, 0.3) is 10.9 Å². The van der Waals surface area contributed by atoms with Gasteiger partial charge in [0.2, 0.25) is 5.91 Å². The monoisotopic (exact) mass is 276 g/mol. The summed E-state index contributed by atoms with van der Waals surface area (Å²) in [4.78, 5) is 15.2. The summed E-state index contributed by atoms with van der Waals surface area (Å²) < 4.78 is 0.0792. The molecular weight excluding hydrogens is 256 g/mol. The number of aromatic nitrogens is 1. The zero-order chi connectivity index (χ0) is 13.9. The zero-order valence-electron chi connectivity index (χ0n) is 11.6. The first-order chi connectivity index (χ1) is 9.02. The molecule has 0 aliphatic rings. The van der Waals surface area contributed by atoms with Gasteiger partial charge in [0.15, 0.2) is 0 Å². The minimum absolute atomic E-state index is 0.0758. The third-order valence-corrected chi connectivity index (χ3v) is 4.54. The van der Waals surface area contributed by atoms with Crippen molar-refractivity contribution in [3.05, 3.63) is 36.0 Å². The first-order valence-corrected chi connectivity index (χ1v) is 7.61. The molecule has 0 aliphatic heterocycles. The molecule has 0 radical (unpaired) electrons. The average Bonchev–Trinajstić information content (AvgIpc) is 2.80. The molecule has 102 valence electrons. The summed E-state index contributed by atoms with van der Waals surface area (Å²) in [5, 5.41) is 4.13. The van der Waals surface area contributed by atoms with E-state index in [1.807, 2.05) is 30.5 Å². The first-order valence-electron chi connectivity index (χ1n) is 6.39. The van der Waals surface area contributed by atoms with E-state index < -0.39 is 0 Å². The predicted octanol–water partition coefficient (Wildman–Crippen LogP) is 2.97. The van der Waals surface area contributed by atoms with Crippen LogP contribution in [0.4, 0.5) is 0 Å². The Morgan fingerprint density at radius 2 is 2.11 bits per heavy atom. The fourth-order valence-corrected chi connectivity index (χ4v) is 2.11. The average molecular weight is 276 g/mol. The Morgan fingerprint density at radius 3 is 2.84 bits per heavy atom. The first kappa shape index (κ1) is 14.0. The lowest BCUT2D eigenvalue weighted by Crippen LogP contribution is -2.36. The number of carbonyl (C=O) groups is 1. The van der Waals surface area contributed by atoms with Gasteiger partial charge in [-0.2, -0.15) is 11.8 Å². The third-order valence-electron chi connectivity index (χ3n) is 3.29. The smallest absolute Gasteiger partial charge is 0.224 e. The van der Waals surface area contributed by atoms with Crippen molar-refractivity contribution in [3.63, 3.8) is 0 Å². The molecule has 0 saturated heterocycles. The van der Waals surface area contributed by atoms with E-state index in [4.69, 9.17) is 0 Å². The van der Waals surface area contributed by atoms with Crippen LogP contribution in [-0.4, -0.2) is 28.4 Å². The number of thioether (sulfide) groups is 1. The van der Waals surface area contributed by atoms with Crippen molar-refractivity contribution in [2.45, 2.75) is 25.0 Å². The molecule has 0 saturated carbocycles. The van der Waals surface area contributed by atoms with E-state index in [1.54, 1.807) is 11.8 Å². The van der Waals surface area contributed by atoms with Crippen molar-refractivity contribution in [1.29, 1.82) is 0 Å². The molecule has 0 spiro atoms. The van der Waals surface area contributed by atoms with Gasteiger partial charge in [-0.25, -0.2) is 0 Å². The molecule has 0 aliphatic carbocycles. The van der Waals surface area contributed by atoms with Crippen LogP contribution in [0.3, 0.4) is 0 Å². The number of carbonyl (C=O) groups excluding carboxylic acids is 1. The van der Waals surface area contributed by atoms with Gasteiger partial charge in [0.05, 0.1) is 6.42 Å². The number of hydrogen-bond acceptors (Lipinski definition) is 2. The molecule has 0 unspecified atom stereocenters. The summed E-state index contributed by atoms with van der Waals surface area (Å²) >= 11 is 1.76. The quantitative estimate of drug-likeness (QED) is 0.882. The second-order valence-electron chi connectivity index (χ2n) is 5.28. The van der Waals surface area contributed by atoms with Crippen molar-refractivity contribution in [1.82, 2.24) is 10.3 Å². The van der Waals surface area contributed by atoms with Crippen molar-refractivity contribution >= 4 is 28.6 Å². The van der Waals surface area contributed by atoms with E-state index in [2.05, 4.69) is 30.4 Å². The topological polar surface area (TPSA) is 44.9 Å². The van der Waals surface area contributed by atoms with Crippen LogP contribution in [-0.2, 0) is 11.2 Å². The number of para-hydroxylation sites is 1. The molecule has 2 N–H and O–H groups in total. The van der Waals surface area contributed by atoms with Gasteiger partial charge in [-0.3, -0.25) is 4.79 Å². The fourth-order valence-electron chi connectivity index (χ4n) is 1.90. The molecule has 0 atom stereocenters. The number of H-pyrrole nitrogens is 1. The van der Waals surface area contributed by atoms with Crippen LogP contribution in [0.15, 0.2) is 30.5 Å². The zero-order valence-corrected chi connectivity index (χ0v) is 12.4. The van der Waals surface area contributed by atoms with Gasteiger partial charge in [0.1, 0.15) is 0 Å². The molecule has 4 heteroatoms. The Morgan fingerprint density at radius 1 is 1.37 bits per heavy atom. The van der Waals surface area contributed by atoms with Crippen LogP contribution >= 0.6 is 11.8 Å². The maximum atomic E-state index is 12.0. The molecule has 3 nitrogen and oxygen atoms in total. The number of rotatable bonds is 5. The van der Waals surface area contributed by atoms with Crippen molar-refractivity contribution < 1.29 is 4.79 Å². The van der Waals surface area contributed by atoms with Crippen LogP contribution in [0.2, 0.25) is 0 Å². The predicted molar refractivity (Wildman–Crippen MR) is 82.6 cm³/mol. The SMILES string of the molecule is CSC(C)(C)CNC(=O)Cc1c[nH]c2ccccc12. The minimum Gasteiger partial charge on any atom is -0.361 e. The number of benzene rings is 1. The summed E-state index contributed by atoms with van der Waals surface area (Å²) in [6.45, 7) is 4.95. The highest BCUT2D eigenvalue weighted by Crippen LogP contribution is 2.20. The Hall–Kier alpha value is -1.42. The van der Waals surface area contributed by atoms with Gasteiger partial charge < -0.3 is 10.3 Å². The number of aromatic amines is 1. The van der Waals surface area contributed by atoms with Gasteiger partial charge in [0, 0.05) is 28.4 Å². The van der Waals surface area contributed by atoms with Gasteiger partial charge in [0.25, 0.3) is 0 Å². The van der Waals surface area contributed by atoms with Crippen molar-refractivity contribution in [3.8, 4) is 0 Å². The van der Waals surface area contributed by atoms with Crippen LogP contribution in [0.1, 0.15) is 19.4 Å². The fraction of sp³-hybridized carbons (Fsp3) is 0.400. The molecule has 1 heterocycles. The number of fused-ring (bicyclic) bond motifs is 1. The largest absolute Gasteiger partial charge is 0.361 e. The molecule has 1 aromatic carbocycles. The van der Waals surface area contributed by atoms with Crippen molar-refractivity contribution in [2.24, 2.45) is 0 Å². The second kappa shape index (κ2) is 5.70. The number of amides is 1. The second-order valence-corrected chi connectivity index (χ2v) is 6.79. The molecule has 2 rings (SSSR count). The molecule has 0 fully saturated rings. The number of nitrogens with one attached hydrogen (secondary N) is 2. The highest BCUT2D eigenvalue weighted by molar-refractivity contribution is 7.99. The van der Waals surface area contributed by atoms with Gasteiger partial charge in [-0.1, -0.05) is 18.2 Å². The standard InChI is InChI=1S/C15H20N2OS/c1-15(2,19-3)10-17-14(18)8-11-9-16-13-7-5-4-6-12(11)13/h4-7,9,16H,8,10H2,1-3H3,(H,17,18). The van der Waals surface area contributed by atoms with Crippen LogP contribution in [0.5, 0.6) is 0 Å². The Balaban J connectivity index is 1.99. The Kier molecular flexibility index (Phi) is 4.20. The maximum absolute atomic E-state index is 12.0. The van der Waals surface area contributed by atoms with Gasteiger partial charge >= 0.3 is 0 Å². The van der Waals surface area contributed by atoms with E-state index in [-0.39, 0.29) is 10.7 Å². The van der Waals surface area contributed by atoms with Crippen LogP contribution < -0.4 is 5.32 Å². The number of hydrogen-bond donors (Lipinski definition) is 2. The molecule has 1 aromatic heterocycles. The molecule has 1 amide bonds. The maximum Gasteiger partial charge on any atom is 0.224 e. The minimum atomic E-state index is 0.0758. The lowest BCUT2D eigenvalue weighted by molar-refractivity contribution is -0.120. The normalized spacial score (nSPS) is 11.7.